The first-order chi connectivity index (χ1) is 14.3. The maximum absolute atomic E-state index is 13.2. The first kappa shape index (κ1) is 20.6. The zero-order valence-corrected chi connectivity index (χ0v) is 18.2. The summed E-state index contributed by atoms with van der Waals surface area (Å²) in [5.74, 6) is -0.846. The number of hydrogen-bond donors (Lipinski definition) is 1. The van der Waals surface area contributed by atoms with E-state index in [1.807, 2.05) is 12.1 Å². The molecule has 0 saturated heterocycles. The predicted octanol–water partition coefficient (Wildman–Crippen LogP) is 4.16. The number of carbonyl (C=O) groups excluding carboxylic acids is 3. The van der Waals surface area contributed by atoms with Crippen molar-refractivity contribution in [3.63, 3.8) is 0 Å². The van der Waals surface area contributed by atoms with Crippen LogP contribution in [0.1, 0.15) is 63.9 Å². The lowest BCUT2D eigenvalue weighted by molar-refractivity contribution is -0.134. The standard InChI is InChI=1S/C23H25NO5S/c1-4-28-21(26)18-16-10-9-13(2)11-17(16)30-19(18)24-22(27)23(3)12-14-7-5-6-8-15(14)20(25)29-23/h5-8,13H,4,9-12H2,1-3H3,(H,24,27)/t13-,23-/m0/s1. The molecule has 158 valence electrons. The fourth-order valence-electron chi connectivity index (χ4n) is 4.15. The highest BCUT2D eigenvalue weighted by Gasteiger charge is 2.43. The van der Waals surface area contributed by atoms with E-state index in [1.54, 1.807) is 26.0 Å². The Morgan fingerprint density at radius 2 is 2.10 bits per heavy atom. The molecule has 2 aromatic rings. The van der Waals surface area contributed by atoms with Gasteiger partial charge in [-0.2, -0.15) is 0 Å². The van der Waals surface area contributed by atoms with Crippen LogP contribution in [-0.2, 0) is 33.5 Å². The summed E-state index contributed by atoms with van der Waals surface area (Å²) in [6, 6.07) is 7.13. The van der Waals surface area contributed by atoms with Crippen LogP contribution in [-0.4, -0.2) is 30.1 Å². The van der Waals surface area contributed by atoms with Crippen molar-refractivity contribution in [2.45, 2.75) is 52.1 Å². The Morgan fingerprint density at radius 1 is 1.33 bits per heavy atom. The van der Waals surface area contributed by atoms with E-state index < -0.39 is 23.4 Å². The van der Waals surface area contributed by atoms with Crippen molar-refractivity contribution >= 4 is 34.2 Å². The largest absolute Gasteiger partial charge is 0.462 e. The Bertz CT molecular complexity index is 1030. The molecule has 7 heteroatoms. The summed E-state index contributed by atoms with van der Waals surface area (Å²) in [5, 5.41) is 3.37. The SMILES string of the molecule is CCOC(=O)c1c(NC(=O)[C@]2(C)Cc3ccccc3C(=O)O2)sc2c1CC[C@H](C)C2. The quantitative estimate of drug-likeness (QED) is 0.741. The van der Waals surface area contributed by atoms with E-state index in [0.29, 0.717) is 22.0 Å². The molecule has 0 unspecified atom stereocenters. The molecule has 0 fully saturated rings. The summed E-state index contributed by atoms with van der Waals surface area (Å²) >= 11 is 1.42. The molecule has 0 bridgehead atoms. The van der Waals surface area contributed by atoms with Gasteiger partial charge in [0, 0.05) is 11.3 Å². The van der Waals surface area contributed by atoms with Gasteiger partial charge in [-0.05, 0) is 56.2 Å². The molecule has 1 N–H and O–H groups in total. The van der Waals surface area contributed by atoms with Crippen molar-refractivity contribution in [3.05, 3.63) is 51.4 Å². The lowest BCUT2D eigenvalue weighted by Crippen LogP contribution is -2.48. The average molecular weight is 428 g/mol. The van der Waals surface area contributed by atoms with Crippen molar-refractivity contribution in [1.29, 1.82) is 0 Å². The van der Waals surface area contributed by atoms with Crippen molar-refractivity contribution in [3.8, 4) is 0 Å². The van der Waals surface area contributed by atoms with E-state index in [1.165, 1.54) is 11.3 Å². The van der Waals surface area contributed by atoms with E-state index >= 15 is 0 Å². The minimum Gasteiger partial charge on any atom is -0.462 e. The Balaban J connectivity index is 1.65. The number of esters is 2. The van der Waals surface area contributed by atoms with Crippen LogP contribution in [0.4, 0.5) is 5.00 Å². The third-order valence-electron chi connectivity index (χ3n) is 5.78. The third kappa shape index (κ3) is 3.62. The number of anilines is 1. The van der Waals surface area contributed by atoms with Gasteiger partial charge in [-0.15, -0.1) is 11.3 Å². The second-order valence-corrected chi connectivity index (χ2v) is 9.29. The molecule has 6 nitrogen and oxygen atoms in total. The third-order valence-corrected chi connectivity index (χ3v) is 6.95. The Labute approximate surface area is 179 Å². The first-order valence-electron chi connectivity index (χ1n) is 10.3. The number of benzene rings is 1. The number of rotatable bonds is 4. The number of carbonyl (C=O) groups is 3. The van der Waals surface area contributed by atoms with Gasteiger partial charge < -0.3 is 14.8 Å². The molecule has 4 rings (SSSR count). The van der Waals surface area contributed by atoms with Gasteiger partial charge in [-0.3, -0.25) is 4.79 Å². The van der Waals surface area contributed by atoms with Gasteiger partial charge in [-0.1, -0.05) is 25.1 Å². The highest BCUT2D eigenvalue weighted by atomic mass is 32.1. The van der Waals surface area contributed by atoms with E-state index in [4.69, 9.17) is 9.47 Å². The molecular formula is C23H25NO5S. The van der Waals surface area contributed by atoms with Crippen molar-refractivity contribution in [1.82, 2.24) is 0 Å². The lowest BCUT2D eigenvalue weighted by atomic mass is 9.88. The number of nitrogens with one attached hydrogen (secondary N) is 1. The highest BCUT2D eigenvalue weighted by molar-refractivity contribution is 7.17. The smallest absolute Gasteiger partial charge is 0.341 e. The summed E-state index contributed by atoms with van der Waals surface area (Å²) in [7, 11) is 0. The first-order valence-corrected chi connectivity index (χ1v) is 11.1. The van der Waals surface area contributed by atoms with E-state index in [2.05, 4.69) is 12.2 Å². The average Bonchev–Trinajstić information content (AvgIpc) is 3.05. The minimum atomic E-state index is -1.35. The van der Waals surface area contributed by atoms with Gasteiger partial charge in [0.25, 0.3) is 5.91 Å². The van der Waals surface area contributed by atoms with Gasteiger partial charge in [0.1, 0.15) is 5.00 Å². The van der Waals surface area contributed by atoms with Gasteiger partial charge in [0.2, 0.25) is 0 Å². The van der Waals surface area contributed by atoms with Crippen molar-refractivity contribution < 1.29 is 23.9 Å². The Hall–Kier alpha value is -2.67. The van der Waals surface area contributed by atoms with Crippen LogP contribution in [0.2, 0.25) is 0 Å². The monoisotopic (exact) mass is 427 g/mol. The topological polar surface area (TPSA) is 81.7 Å². The Morgan fingerprint density at radius 3 is 2.87 bits per heavy atom. The second kappa shape index (κ2) is 7.87. The van der Waals surface area contributed by atoms with Crippen LogP contribution >= 0.6 is 11.3 Å². The molecule has 0 saturated carbocycles. The van der Waals surface area contributed by atoms with Crippen LogP contribution in [0.15, 0.2) is 24.3 Å². The van der Waals surface area contributed by atoms with Crippen LogP contribution < -0.4 is 5.32 Å². The molecule has 30 heavy (non-hydrogen) atoms. The normalized spacial score (nSPS) is 22.5. The molecule has 1 aromatic heterocycles. The van der Waals surface area contributed by atoms with Gasteiger partial charge in [-0.25, -0.2) is 9.59 Å². The predicted molar refractivity (Wildman–Crippen MR) is 114 cm³/mol. The zero-order valence-electron chi connectivity index (χ0n) is 17.4. The summed E-state index contributed by atoms with van der Waals surface area (Å²) < 4.78 is 10.8. The van der Waals surface area contributed by atoms with Gasteiger partial charge in [0.15, 0.2) is 5.60 Å². The van der Waals surface area contributed by atoms with Crippen molar-refractivity contribution in [2.75, 3.05) is 11.9 Å². The number of hydrogen-bond acceptors (Lipinski definition) is 6. The van der Waals surface area contributed by atoms with Crippen molar-refractivity contribution in [2.24, 2.45) is 5.92 Å². The van der Waals surface area contributed by atoms with Gasteiger partial charge in [0.05, 0.1) is 17.7 Å². The van der Waals surface area contributed by atoms with Gasteiger partial charge >= 0.3 is 11.9 Å². The molecule has 2 atom stereocenters. The van der Waals surface area contributed by atoms with E-state index in [0.717, 1.165) is 35.3 Å². The number of amides is 1. The fraction of sp³-hybridized carbons (Fsp3) is 0.435. The van der Waals surface area contributed by atoms with Crippen LogP contribution in [0.5, 0.6) is 0 Å². The van der Waals surface area contributed by atoms with E-state index in [9.17, 15) is 14.4 Å². The number of thiophene rings is 1. The minimum absolute atomic E-state index is 0.263. The zero-order chi connectivity index (χ0) is 21.5. The number of cyclic esters (lactones) is 1. The summed E-state index contributed by atoms with van der Waals surface area (Å²) in [6.45, 7) is 5.82. The molecule has 1 aromatic carbocycles. The molecule has 1 aliphatic heterocycles. The second-order valence-electron chi connectivity index (χ2n) is 8.18. The molecule has 1 amide bonds. The maximum Gasteiger partial charge on any atom is 0.341 e. The van der Waals surface area contributed by atoms with E-state index in [-0.39, 0.29) is 13.0 Å². The maximum atomic E-state index is 13.2. The number of fused-ring (bicyclic) bond motifs is 2. The van der Waals surface area contributed by atoms with Crippen LogP contribution in [0.3, 0.4) is 0 Å². The fourth-order valence-corrected chi connectivity index (χ4v) is 5.55. The molecule has 0 radical (unpaired) electrons. The molecule has 1 aliphatic carbocycles. The molecule has 2 aliphatic rings. The summed E-state index contributed by atoms with van der Waals surface area (Å²) in [4.78, 5) is 39.5. The summed E-state index contributed by atoms with van der Waals surface area (Å²) in [6.07, 6.45) is 2.94. The molecule has 0 spiro atoms. The van der Waals surface area contributed by atoms with Crippen LogP contribution in [0.25, 0.3) is 0 Å². The highest BCUT2D eigenvalue weighted by Crippen LogP contribution is 2.41. The molecular weight excluding hydrogens is 402 g/mol. The van der Waals surface area contributed by atoms with Crippen LogP contribution in [0, 0.1) is 5.92 Å². The Kier molecular flexibility index (Phi) is 5.40. The molecule has 2 heterocycles. The summed E-state index contributed by atoms with van der Waals surface area (Å²) in [5.41, 5.74) is 1.33. The lowest BCUT2D eigenvalue weighted by Gasteiger charge is -2.32. The number of ether oxygens (including phenoxy) is 2.